The molecular formula is C15H16O. The molecule has 0 fully saturated rings. The predicted molar refractivity (Wildman–Crippen MR) is 67.0 cm³/mol. The molecule has 1 aliphatic rings. The van der Waals surface area contributed by atoms with Crippen molar-refractivity contribution in [3.8, 4) is 5.75 Å². The monoisotopic (exact) mass is 212 g/mol. The third kappa shape index (κ3) is 1.58. The second kappa shape index (κ2) is 3.67. The van der Waals surface area contributed by atoms with Crippen molar-refractivity contribution in [3.63, 3.8) is 0 Å². The van der Waals surface area contributed by atoms with Gasteiger partial charge in [-0.3, -0.25) is 0 Å². The average Bonchev–Trinajstić information content (AvgIpc) is 2.92. The van der Waals surface area contributed by atoms with Crippen molar-refractivity contribution in [1.82, 2.24) is 0 Å². The first kappa shape index (κ1) is 10.7. The lowest BCUT2D eigenvalue weighted by Gasteiger charge is -1.97. The molecule has 2 aromatic rings. The van der Waals surface area contributed by atoms with Gasteiger partial charge in [0.15, 0.2) is 0 Å². The Morgan fingerprint density at radius 3 is 2.25 bits per heavy atom. The van der Waals surface area contributed by atoms with Gasteiger partial charge in [0.1, 0.15) is 5.75 Å². The van der Waals surface area contributed by atoms with E-state index in [4.69, 9.17) is 0 Å². The maximum atomic E-state index is 9.22. The van der Waals surface area contributed by atoms with E-state index < -0.39 is 0 Å². The van der Waals surface area contributed by atoms with Crippen LogP contribution in [0.3, 0.4) is 0 Å². The van der Waals surface area contributed by atoms with Gasteiger partial charge in [0.25, 0.3) is 0 Å². The largest absolute Gasteiger partial charge is 0.508 e. The van der Waals surface area contributed by atoms with Gasteiger partial charge in [-0.05, 0) is 35.7 Å². The Morgan fingerprint density at radius 2 is 1.62 bits per heavy atom. The second-order valence-corrected chi connectivity index (χ2v) is 4.16. The van der Waals surface area contributed by atoms with E-state index in [1.165, 1.54) is 22.3 Å². The number of phenolic OH excluding ortho intramolecular Hbond substituents is 1. The summed E-state index contributed by atoms with van der Waals surface area (Å²) < 4.78 is 0. The van der Waals surface area contributed by atoms with Crippen LogP contribution >= 0.6 is 0 Å². The normalized spacial score (nSPS) is 16.2. The molecule has 1 heteroatoms. The molecule has 3 rings (SSSR count). The number of fused-ring (bicyclic) bond motifs is 1. The van der Waals surface area contributed by atoms with Crippen LogP contribution in [0.4, 0.5) is 0 Å². The number of phenols is 1. The lowest BCUT2D eigenvalue weighted by atomic mass is 10.1. The molecule has 16 heavy (non-hydrogen) atoms. The van der Waals surface area contributed by atoms with Crippen LogP contribution in [0.15, 0.2) is 42.5 Å². The van der Waals surface area contributed by atoms with Crippen molar-refractivity contribution in [1.29, 1.82) is 0 Å². The highest BCUT2D eigenvalue weighted by Gasteiger charge is 2.33. The standard InChI is InChI=1S/C14H12O.CH4/c1-9-2-7-12-13(8-9)14(12)10-3-5-11(15)6-4-10;/h2-8,14-15H,1H3;1H4. The van der Waals surface area contributed by atoms with Gasteiger partial charge in [-0.15, -0.1) is 0 Å². The summed E-state index contributed by atoms with van der Waals surface area (Å²) in [6, 6.07) is 14.1. The summed E-state index contributed by atoms with van der Waals surface area (Å²) in [5, 5.41) is 9.22. The summed E-state index contributed by atoms with van der Waals surface area (Å²) >= 11 is 0. The Kier molecular flexibility index (Phi) is 2.47. The molecular weight excluding hydrogens is 196 g/mol. The van der Waals surface area contributed by atoms with E-state index in [1.54, 1.807) is 12.1 Å². The molecule has 1 unspecified atom stereocenters. The molecule has 0 aromatic heterocycles. The number of hydrogen-bond acceptors (Lipinski definition) is 1. The van der Waals surface area contributed by atoms with E-state index in [0.29, 0.717) is 11.7 Å². The fourth-order valence-corrected chi connectivity index (χ4v) is 2.16. The molecule has 1 nitrogen and oxygen atoms in total. The van der Waals surface area contributed by atoms with E-state index in [-0.39, 0.29) is 7.43 Å². The van der Waals surface area contributed by atoms with Gasteiger partial charge in [-0.1, -0.05) is 43.3 Å². The summed E-state index contributed by atoms with van der Waals surface area (Å²) in [7, 11) is 0. The first-order chi connectivity index (χ1) is 7.25. The fraction of sp³-hybridized carbons (Fsp3) is 0.200. The third-order valence-corrected chi connectivity index (χ3v) is 3.01. The van der Waals surface area contributed by atoms with E-state index in [2.05, 4.69) is 25.1 Å². The molecule has 0 heterocycles. The number of benzene rings is 2. The smallest absolute Gasteiger partial charge is 0.115 e. The van der Waals surface area contributed by atoms with Crippen LogP contribution in [0, 0.1) is 6.92 Å². The molecule has 0 saturated carbocycles. The van der Waals surface area contributed by atoms with E-state index in [0.717, 1.165) is 0 Å². The van der Waals surface area contributed by atoms with Crippen molar-refractivity contribution in [2.24, 2.45) is 0 Å². The molecule has 1 atom stereocenters. The minimum absolute atomic E-state index is 0. The maximum absolute atomic E-state index is 9.22. The summed E-state index contributed by atoms with van der Waals surface area (Å²) in [6.07, 6.45) is 0. The maximum Gasteiger partial charge on any atom is 0.115 e. The van der Waals surface area contributed by atoms with Crippen LogP contribution in [0.5, 0.6) is 5.75 Å². The molecule has 0 aliphatic heterocycles. The Labute approximate surface area is 96.4 Å². The van der Waals surface area contributed by atoms with Crippen molar-refractivity contribution in [2.75, 3.05) is 0 Å². The van der Waals surface area contributed by atoms with Crippen LogP contribution in [0.25, 0.3) is 0 Å². The van der Waals surface area contributed by atoms with Gasteiger partial charge < -0.3 is 5.11 Å². The minimum Gasteiger partial charge on any atom is -0.508 e. The summed E-state index contributed by atoms with van der Waals surface area (Å²) in [4.78, 5) is 0. The summed E-state index contributed by atoms with van der Waals surface area (Å²) in [5.41, 5.74) is 5.44. The van der Waals surface area contributed by atoms with Gasteiger partial charge in [0, 0.05) is 5.92 Å². The number of aryl methyl sites for hydroxylation is 1. The molecule has 82 valence electrons. The lowest BCUT2D eigenvalue weighted by Crippen LogP contribution is -1.79. The van der Waals surface area contributed by atoms with Crippen molar-refractivity contribution in [2.45, 2.75) is 20.3 Å². The van der Waals surface area contributed by atoms with Crippen LogP contribution in [0.1, 0.15) is 35.6 Å². The van der Waals surface area contributed by atoms with Crippen LogP contribution in [0.2, 0.25) is 0 Å². The van der Waals surface area contributed by atoms with Crippen LogP contribution < -0.4 is 0 Å². The van der Waals surface area contributed by atoms with Crippen molar-refractivity contribution >= 4 is 0 Å². The quantitative estimate of drug-likeness (QED) is 0.650. The first-order valence-electron chi connectivity index (χ1n) is 5.15. The molecule has 0 spiro atoms. The summed E-state index contributed by atoms with van der Waals surface area (Å²) in [5.74, 6) is 0.805. The van der Waals surface area contributed by atoms with Gasteiger partial charge >= 0.3 is 0 Å². The van der Waals surface area contributed by atoms with Crippen molar-refractivity contribution < 1.29 is 5.11 Å². The highest BCUT2D eigenvalue weighted by Crippen LogP contribution is 2.48. The Hall–Kier alpha value is -1.76. The Morgan fingerprint density at radius 1 is 0.938 bits per heavy atom. The highest BCUT2D eigenvalue weighted by molar-refractivity contribution is 5.61. The number of aromatic hydroxyl groups is 1. The van der Waals surface area contributed by atoms with E-state index >= 15 is 0 Å². The predicted octanol–water partition coefficient (Wildman–Crippen LogP) is 3.83. The average molecular weight is 212 g/mol. The van der Waals surface area contributed by atoms with E-state index in [9.17, 15) is 5.11 Å². The highest BCUT2D eigenvalue weighted by atomic mass is 16.3. The van der Waals surface area contributed by atoms with Gasteiger partial charge in [-0.2, -0.15) is 0 Å². The number of hydrogen-bond donors (Lipinski definition) is 1. The van der Waals surface area contributed by atoms with Crippen molar-refractivity contribution in [3.05, 3.63) is 64.7 Å². The number of rotatable bonds is 1. The molecule has 2 aromatic carbocycles. The van der Waals surface area contributed by atoms with Crippen LogP contribution in [-0.2, 0) is 0 Å². The molecule has 1 N–H and O–H groups in total. The zero-order chi connectivity index (χ0) is 10.4. The lowest BCUT2D eigenvalue weighted by molar-refractivity contribution is 0.475. The van der Waals surface area contributed by atoms with Crippen LogP contribution in [-0.4, -0.2) is 5.11 Å². The Bertz CT molecular complexity index is 511. The SMILES string of the molecule is C.Cc1ccc2c(c1)C2c1ccc(O)cc1. The topological polar surface area (TPSA) is 20.2 Å². The molecule has 0 saturated heterocycles. The van der Waals surface area contributed by atoms with E-state index in [1.807, 2.05) is 12.1 Å². The third-order valence-electron chi connectivity index (χ3n) is 3.01. The molecule has 0 radical (unpaired) electrons. The molecule has 0 amide bonds. The molecule has 1 aliphatic carbocycles. The second-order valence-electron chi connectivity index (χ2n) is 4.16. The van der Waals surface area contributed by atoms with Gasteiger partial charge in [0.05, 0.1) is 0 Å². The van der Waals surface area contributed by atoms with Gasteiger partial charge in [0.2, 0.25) is 0 Å². The zero-order valence-electron chi connectivity index (χ0n) is 8.57. The first-order valence-corrected chi connectivity index (χ1v) is 5.15. The fourth-order valence-electron chi connectivity index (χ4n) is 2.16. The van der Waals surface area contributed by atoms with Gasteiger partial charge in [-0.25, -0.2) is 0 Å². The zero-order valence-corrected chi connectivity index (χ0v) is 8.57. The Balaban J connectivity index is 0.000000963. The minimum atomic E-state index is 0. The molecule has 0 bridgehead atoms. The summed E-state index contributed by atoms with van der Waals surface area (Å²) in [6.45, 7) is 2.12.